The molecule has 2 aromatic rings. The van der Waals surface area contributed by atoms with E-state index in [-0.39, 0.29) is 11.8 Å². The molecule has 0 heterocycles. The molecule has 3 N–H and O–H groups in total. The van der Waals surface area contributed by atoms with Crippen molar-refractivity contribution in [3.63, 3.8) is 0 Å². The third kappa shape index (κ3) is 4.07. The highest BCUT2D eigenvalue weighted by Crippen LogP contribution is 2.31. The van der Waals surface area contributed by atoms with E-state index in [9.17, 15) is 4.79 Å². The molecule has 5 heteroatoms. The van der Waals surface area contributed by atoms with E-state index in [0.29, 0.717) is 5.11 Å². The quantitative estimate of drug-likeness (QED) is 0.739. The highest BCUT2D eigenvalue weighted by Gasteiger charge is 2.29. The Morgan fingerprint density at radius 3 is 2.26 bits per heavy atom. The van der Waals surface area contributed by atoms with Crippen molar-refractivity contribution in [2.24, 2.45) is 5.92 Å². The molecule has 0 aliphatic heterocycles. The minimum absolute atomic E-state index is 0.107. The van der Waals surface area contributed by atoms with Gasteiger partial charge in [-0.25, -0.2) is 0 Å². The maximum atomic E-state index is 11.9. The molecule has 0 unspecified atom stereocenters. The van der Waals surface area contributed by atoms with Crippen LogP contribution in [0.1, 0.15) is 18.4 Å². The smallest absolute Gasteiger partial charge is 0.227 e. The Morgan fingerprint density at radius 1 is 0.957 bits per heavy atom. The highest BCUT2D eigenvalue weighted by atomic mass is 32.1. The van der Waals surface area contributed by atoms with E-state index < -0.39 is 0 Å². The maximum Gasteiger partial charge on any atom is 0.227 e. The summed E-state index contributed by atoms with van der Waals surface area (Å²) in [6, 6.07) is 15.5. The van der Waals surface area contributed by atoms with Crippen LogP contribution in [-0.2, 0) is 4.79 Å². The number of nitrogens with one attached hydrogen (secondary N) is 3. The Balaban J connectivity index is 1.67. The van der Waals surface area contributed by atoms with Crippen molar-refractivity contribution < 1.29 is 4.79 Å². The summed E-state index contributed by atoms with van der Waals surface area (Å²) in [5.41, 5.74) is 3.61. The van der Waals surface area contributed by atoms with Gasteiger partial charge in [-0.3, -0.25) is 4.79 Å². The first-order valence-corrected chi connectivity index (χ1v) is 8.08. The number of anilines is 3. The Kier molecular flexibility index (Phi) is 4.57. The molecule has 0 atom stereocenters. The van der Waals surface area contributed by atoms with Crippen molar-refractivity contribution in [2.75, 3.05) is 16.0 Å². The fraction of sp³-hybridized carbons (Fsp3) is 0.222. The summed E-state index contributed by atoms with van der Waals surface area (Å²) >= 11 is 5.35. The van der Waals surface area contributed by atoms with Crippen LogP contribution in [-0.4, -0.2) is 11.0 Å². The normalized spacial score (nSPS) is 13.3. The van der Waals surface area contributed by atoms with Gasteiger partial charge in [0.15, 0.2) is 5.11 Å². The van der Waals surface area contributed by atoms with E-state index in [1.165, 1.54) is 0 Å². The van der Waals surface area contributed by atoms with Gasteiger partial charge < -0.3 is 16.0 Å². The zero-order chi connectivity index (χ0) is 16.2. The van der Waals surface area contributed by atoms with E-state index >= 15 is 0 Å². The van der Waals surface area contributed by atoms with Gasteiger partial charge in [0.05, 0.1) is 0 Å². The Hall–Kier alpha value is -2.40. The van der Waals surface area contributed by atoms with Crippen LogP contribution in [0.5, 0.6) is 0 Å². The topological polar surface area (TPSA) is 53.2 Å². The zero-order valence-electron chi connectivity index (χ0n) is 12.9. The van der Waals surface area contributed by atoms with E-state index in [2.05, 4.69) is 16.0 Å². The summed E-state index contributed by atoms with van der Waals surface area (Å²) in [6.45, 7) is 1.97. The lowest BCUT2D eigenvalue weighted by atomic mass is 10.1. The summed E-state index contributed by atoms with van der Waals surface area (Å²) in [7, 11) is 0. The molecule has 1 aliphatic rings. The van der Waals surface area contributed by atoms with Crippen molar-refractivity contribution in [1.82, 2.24) is 0 Å². The van der Waals surface area contributed by atoms with Crippen LogP contribution in [0.4, 0.5) is 17.1 Å². The largest absolute Gasteiger partial charge is 0.332 e. The SMILES string of the molecule is Cc1c(NC(=O)C2CC2)cccc1NC(=S)Nc1ccccc1. The summed E-state index contributed by atoms with van der Waals surface area (Å²) < 4.78 is 0. The number of benzene rings is 2. The van der Waals surface area contributed by atoms with Crippen LogP contribution in [0, 0.1) is 12.8 Å². The third-order valence-corrected chi connectivity index (χ3v) is 4.02. The molecule has 23 heavy (non-hydrogen) atoms. The fourth-order valence-corrected chi connectivity index (χ4v) is 2.52. The molecule has 0 spiro atoms. The van der Waals surface area contributed by atoms with Gasteiger partial charge in [0.2, 0.25) is 5.91 Å². The number of hydrogen-bond donors (Lipinski definition) is 3. The molecule has 3 rings (SSSR count). The van der Waals surface area contributed by atoms with Crippen molar-refractivity contribution in [1.29, 1.82) is 0 Å². The van der Waals surface area contributed by atoms with E-state index in [4.69, 9.17) is 12.2 Å². The predicted octanol–water partition coefficient (Wildman–Crippen LogP) is 4.15. The number of para-hydroxylation sites is 1. The fourth-order valence-electron chi connectivity index (χ4n) is 2.29. The zero-order valence-corrected chi connectivity index (χ0v) is 13.7. The van der Waals surface area contributed by atoms with Crippen LogP contribution in [0.25, 0.3) is 0 Å². The monoisotopic (exact) mass is 325 g/mol. The molecular weight excluding hydrogens is 306 g/mol. The van der Waals surface area contributed by atoms with Gasteiger partial charge in [0.25, 0.3) is 0 Å². The minimum atomic E-state index is 0.107. The molecule has 0 bridgehead atoms. The summed E-state index contributed by atoms with van der Waals surface area (Å²) in [5.74, 6) is 0.294. The first-order valence-electron chi connectivity index (χ1n) is 7.67. The molecule has 0 radical (unpaired) electrons. The second-order valence-electron chi connectivity index (χ2n) is 5.69. The average Bonchev–Trinajstić information content (AvgIpc) is 3.37. The lowest BCUT2D eigenvalue weighted by Crippen LogP contribution is -2.20. The molecule has 2 aromatic carbocycles. The van der Waals surface area contributed by atoms with Crippen LogP contribution in [0.15, 0.2) is 48.5 Å². The van der Waals surface area contributed by atoms with Crippen LogP contribution in [0.3, 0.4) is 0 Å². The van der Waals surface area contributed by atoms with Crippen LogP contribution in [0.2, 0.25) is 0 Å². The number of carbonyl (C=O) groups is 1. The number of rotatable bonds is 4. The summed E-state index contributed by atoms with van der Waals surface area (Å²) in [6.07, 6.45) is 1.99. The van der Waals surface area contributed by atoms with Gasteiger partial charge in [-0.2, -0.15) is 0 Å². The highest BCUT2D eigenvalue weighted by molar-refractivity contribution is 7.80. The van der Waals surface area contributed by atoms with Crippen molar-refractivity contribution >= 4 is 40.3 Å². The molecule has 1 aliphatic carbocycles. The lowest BCUT2D eigenvalue weighted by molar-refractivity contribution is -0.117. The maximum absolute atomic E-state index is 11.9. The second-order valence-corrected chi connectivity index (χ2v) is 6.10. The van der Waals surface area contributed by atoms with E-state index in [0.717, 1.165) is 35.5 Å². The van der Waals surface area contributed by atoms with Crippen molar-refractivity contribution in [2.45, 2.75) is 19.8 Å². The number of hydrogen-bond acceptors (Lipinski definition) is 2. The number of carbonyl (C=O) groups excluding carboxylic acids is 1. The van der Waals surface area contributed by atoms with Gasteiger partial charge in [-0.15, -0.1) is 0 Å². The van der Waals surface area contributed by atoms with Crippen LogP contribution >= 0.6 is 12.2 Å². The van der Waals surface area contributed by atoms with E-state index in [1.807, 2.05) is 55.5 Å². The Morgan fingerprint density at radius 2 is 1.61 bits per heavy atom. The Labute approximate surface area is 141 Å². The second kappa shape index (κ2) is 6.79. The van der Waals surface area contributed by atoms with Crippen molar-refractivity contribution in [3.05, 3.63) is 54.1 Å². The first-order chi connectivity index (χ1) is 11.1. The Bertz CT molecular complexity index is 726. The van der Waals surface area contributed by atoms with Crippen molar-refractivity contribution in [3.8, 4) is 0 Å². The number of amides is 1. The first kappa shape index (κ1) is 15.5. The van der Waals surface area contributed by atoms with Gasteiger partial charge in [-0.1, -0.05) is 24.3 Å². The van der Waals surface area contributed by atoms with E-state index in [1.54, 1.807) is 0 Å². The predicted molar refractivity (Wildman–Crippen MR) is 98.8 cm³/mol. The molecule has 118 valence electrons. The molecule has 1 amide bonds. The standard InChI is InChI=1S/C18H19N3OS/c1-12-15(20-17(22)13-10-11-13)8-5-9-16(12)21-18(23)19-14-6-3-2-4-7-14/h2-9,13H,10-11H2,1H3,(H,20,22)(H2,19,21,23). The van der Waals surface area contributed by atoms with Gasteiger partial charge in [-0.05, 0) is 61.8 Å². The van der Waals surface area contributed by atoms with Gasteiger partial charge in [0, 0.05) is 23.0 Å². The summed E-state index contributed by atoms with van der Waals surface area (Å²) in [4.78, 5) is 11.9. The molecule has 4 nitrogen and oxygen atoms in total. The van der Waals surface area contributed by atoms with Gasteiger partial charge >= 0.3 is 0 Å². The molecule has 0 aromatic heterocycles. The summed E-state index contributed by atoms with van der Waals surface area (Å²) in [5, 5.41) is 9.84. The molecular formula is C18H19N3OS. The number of thiocarbonyl (C=S) groups is 1. The van der Waals surface area contributed by atoms with Gasteiger partial charge in [0.1, 0.15) is 0 Å². The lowest BCUT2D eigenvalue weighted by Gasteiger charge is -2.15. The molecule has 1 saturated carbocycles. The molecule has 0 saturated heterocycles. The molecule has 1 fully saturated rings. The van der Waals surface area contributed by atoms with Crippen LogP contribution < -0.4 is 16.0 Å². The minimum Gasteiger partial charge on any atom is -0.332 e. The average molecular weight is 325 g/mol. The third-order valence-electron chi connectivity index (χ3n) is 3.82.